The molecule has 19 heavy (non-hydrogen) atoms. The normalized spacial score (nSPS) is 38.4. The van der Waals surface area contributed by atoms with Crippen LogP contribution in [0.2, 0.25) is 0 Å². The molecule has 2 rings (SSSR count). The monoisotopic (exact) mass is 265 g/mol. The SMILES string of the molecule is CCC1CCCC(C(N)C2CCC(C(C)C)CC2)C1. The van der Waals surface area contributed by atoms with Gasteiger partial charge in [-0.2, -0.15) is 0 Å². The Morgan fingerprint density at radius 2 is 1.53 bits per heavy atom. The van der Waals surface area contributed by atoms with E-state index >= 15 is 0 Å². The molecule has 112 valence electrons. The molecule has 2 aliphatic carbocycles. The molecule has 3 atom stereocenters. The second kappa shape index (κ2) is 7.11. The third-order valence-corrected chi connectivity index (χ3v) is 6.25. The largest absolute Gasteiger partial charge is 0.327 e. The standard InChI is InChI=1S/C18H35N/c1-4-14-6-5-7-17(12-14)18(19)16-10-8-15(9-11-16)13(2)3/h13-18H,4-12,19H2,1-3H3. The van der Waals surface area contributed by atoms with E-state index < -0.39 is 0 Å². The molecule has 0 saturated heterocycles. The highest BCUT2D eigenvalue weighted by atomic mass is 14.7. The van der Waals surface area contributed by atoms with Crippen molar-refractivity contribution in [2.45, 2.75) is 84.6 Å². The van der Waals surface area contributed by atoms with Crippen LogP contribution in [-0.4, -0.2) is 6.04 Å². The van der Waals surface area contributed by atoms with Gasteiger partial charge in [0, 0.05) is 6.04 Å². The first-order chi connectivity index (χ1) is 9.11. The van der Waals surface area contributed by atoms with Crippen molar-refractivity contribution in [2.24, 2.45) is 35.3 Å². The second-order valence-electron chi connectivity index (χ2n) is 7.70. The van der Waals surface area contributed by atoms with E-state index in [-0.39, 0.29) is 0 Å². The summed E-state index contributed by atoms with van der Waals surface area (Å²) in [4.78, 5) is 0. The molecule has 1 nitrogen and oxygen atoms in total. The topological polar surface area (TPSA) is 26.0 Å². The average Bonchev–Trinajstić information content (AvgIpc) is 2.46. The molecule has 0 spiro atoms. The lowest BCUT2D eigenvalue weighted by atomic mass is 9.68. The van der Waals surface area contributed by atoms with Gasteiger partial charge in [0.25, 0.3) is 0 Å². The number of hydrogen-bond acceptors (Lipinski definition) is 1. The summed E-state index contributed by atoms with van der Waals surface area (Å²) in [5.74, 6) is 4.47. The summed E-state index contributed by atoms with van der Waals surface area (Å²) < 4.78 is 0. The number of rotatable bonds is 4. The van der Waals surface area contributed by atoms with Gasteiger partial charge in [0.05, 0.1) is 0 Å². The van der Waals surface area contributed by atoms with Crippen LogP contribution in [0.5, 0.6) is 0 Å². The minimum atomic E-state index is 0.502. The summed E-state index contributed by atoms with van der Waals surface area (Å²) in [5.41, 5.74) is 6.66. The quantitative estimate of drug-likeness (QED) is 0.761. The maximum Gasteiger partial charge on any atom is 0.00957 e. The zero-order chi connectivity index (χ0) is 13.8. The van der Waals surface area contributed by atoms with E-state index in [0.29, 0.717) is 6.04 Å². The Balaban J connectivity index is 1.81. The van der Waals surface area contributed by atoms with Gasteiger partial charge in [-0.05, 0) is 68.1 Å². The van der Waals surface area contributed by atoms with Crippen LogP contribution in [0.4, 0.5) is 0 Å². The van der Waals surface area contributed by atoms with E-state index in [1.54, 1.807) is 0 Å². The molecule has 2 fully saturated rings. The third kappa shape index (κ3) is 3.97. The molecule has 0 aliphatic heterocycles. The van der Waals surface area contributed by atoms with E-state index in [2.05, 4.69) is 20.8 Å². The third-order valence-electron chi connectivity index (χ3n) is 6.25. The van der Waals surface area contributed by atoms with Crippen molar-refractivity contribution >= 4 is 0 Å². The van der Waals surface area contributed by atoms with E-state index in [1.807, 2.05) is 0 Å². The smallest absolute Gasteiger partial charge is 0.00957 e. The highest BCUT2D eigenvalue weighted by Gasteiger charge is 2.33. The van der Waals surface area contributed by atoms with Crippen molar-refractivity contribution in [2.75, 3.05) is 0 Å². The first-order valence-electron chi connectivity index (χ1n) is 8.87. The number of hydrogen-bond donors (Lipinski definition) is 1. The molecule has 0 radical (unpaired) electrons. The molecule has 2 N–H and O–H groups in total. The minimum absolute atomic E-state index is 0.502. The van der Waals surface area contributed by atoms with Crippen molar-refractivity contribution < 1.29 is 0 Å². The summed E-state index contributed by atoms with van der Waals surface area (Å²) in [7, 11) is 0. The Bertz CT molecular complexity index is 252. The first kappa shape index (κ1) is 15.4. The highest BCUT2D eigenvalue weighted by molar-refractivity contribution is 4.87. The molecular weight excluding hydrogens is 230 g/mol. The van der Waals surface area contributed by atoms with Gasteiger partial charge >= 0.3 is 0 Å². The molecule has 0 aromatic rings. The van der Waals surface area contributed by atoms with Crippen LogP contribution in [0.3, 0.4) is 0 Å². The zero-order valence-corrected chi connectivity index (χ0v) is 13.4. The summed E-state index contributed by atoms with van der Waals surface area (Å²) in [6, 6.07) is 0.502. The van der Waals surface area contributed by atoms with E-state index in [1.165, 1.54) is 57.8 Å². The Kier molecular flexibility index (Phi) is 5.74. The zero-order valence-electron chi connectivity index (χ0n) is 13.4. The van der Waals surface area contributed by atoms with Crippen molar-refractivity contribution in [1.29, 1.82) is 0 Å². The van der Waals surface area contributed by atoms with Crippen molar-refractivity contribution in [3.05, 3.63) is 0 Å². The Morgan fingerprint density at radius 1 is 0.895 bits per heavy atom. The molecule has 0 heterocycles. The molecule has 2 saturated carbocycles. The van der Waals surface area contributed by atoms with E-state index in [9.17, 15) is 0 Å². The van der Waals surface area contributed by atoms with Crippen LogP contribution in [0.25, 0.3) is 0 Å². The molecule has 0 aromatic heterocycles. The van der Waals surface area contributed by atoms with Crippen LogP contribution in [0, 0.1) is 29.6 Å². The van der Waals surface area contributed by atoms with Crippen molar-refractivity contribution in [1.82, 2.24) is 0 Å². The Morgan fingerprint density at radius 3 is 2.11 bits per heavy atom. The maximum atomic E-state index is 6.66. The van der Waals surface area contributed by atoms with Gasteiger partial charge in [0.15, 0.2) is 0 Å². The van der Waals surface area contributed by atoms with Crippen LogP contribution in [0.1, 0.15) is 78.6 Å². The molecular formula is C18H35N. The van der Waals surface area contributed by atoms with Gasteiger partial charge in [-0.25, -0.2) is 0 Å². The van der Waals surface area contributed by atoms with Gasteiger partial charge < -0.3 is 5.73 Å². The Hall–Kier alpha value is -0.0400. The lowest BCUT2D eigenvalue weighted by Crippen LogP contribution is -2.41. The molecule has 1 heteroatoms. The predicted octanol–water partition coefficient (Wildman–Crippen LogP) is 4.99. The van der Waals surface area contributed by atoms with Gasteiger partial charge in [-0.15, -0.1) is 0 Å². The summed E-state index contributed by atoms with van der Waals surface area (Å²) in [6.07, 6.45) is 12.7. The lowest BCUT2D eigenvalue weighted by Gasteiger charge is -2.40. The fraction of sp³-hybridized carbons (Fsp3) is 1.00. The molecule has 3 unspecified atom stereocenters. The fourth-order valence-corrected chi connectivity index (χ4v) is 4.63. The van der Waals surface area contributed by atoms with Crippen LogP contribution in [0.15, 0.2) is 0 Å². The molecule has 0 bridgehead atoms. The van der Waals surface area contributed by atoms with Crippen LogP contribution in [-0.2, 0) is 0 Å². The second-order valence-corrected chi connectivity index (χ2v) is 7.70. The van der Waals surface area contributed by atoms with Gasteiger partial charge in [-0.1, -0.05) is 40.0 Å². The molecule has 0 aromatic carbocycles. The summed E-state index contributed by atoms with van der Waals surface area (Å²) in [6.45, 7) is 7.13. The Labute approximate surface area is 120 Å². The van der Waals surface area contributed by atoms with Crippen molar-refractivity contribution in [3.63, 3.8) is 0 Å². The van der Waals surface area contributed by atoms with Gasteiger partial charge in [0.1, 0.15) is 0 Å². The van der Waals surface area contributed by atoms with Crippen LogP contribution >= 0.6 is 0 Å². The minimum Gasteiger partial charge on any atom is -0.327 e. The van der Waals surface area contributed by atoms with E-state index in [0.717, 1.165) is 29.6 Å². The van der Waals surface area contributed by atoms with Crippen molar-refractivity contribution in [3.8, 4) is 0 Å². The van der Waals surface area contributed by atoms with Gasteiger partial charge in [-0.3, -0.25) is 0 Å². The first-order valence-corrected chi connectivity index (χ1v) is 8.87. The molecule has 2 aliphatic rings. The fourth-order valence-electron chi connectivity index (χ4n) is 4.63. The van der Waals surface area contributed by atoms with Crippen LogP contribution < -0.4 is 5.73 Å². The summed E-state index contributed by atoms with van der Waals surface area (Å²) in [5, 5.41) is 0. The summed E-state index contributed by atoms with van der Waals surface area (Å²) >= 11 is 0. The molecule has 0 amide bonds. The average molecular weight is 265 g/mol. The predicted molar refractivity (Wildman–Crippen MR) is 84.0 cm³/mol. The maximum absolute atomic E-state index is 6.66. The lowest BCUT2D eigenvalue weighted by molar-refractivity contribution is 0.142. The number of nitrogens with two attached hydrogens (primary N) is 1. The van der Waals surface area contributed by atoms with Gasteiger partial charge in [0.2, 0.25) is 0 Å². The van der Waals surface area contributed by atoms with E-state index in [4.69, 9.17) is 5.73 Å². The highest BCUT2D eigenvalue weighted by Crippen LogP contribution is 2.40.